The predicted octanol–water partition coefficient (Wildman–Crippen LogP) is 3.68. The topological polar surface area (TPSA) is 25.2 Å². The summed E-state index contributed by atoms with van der Waals surface area (Å²) in [7, 11) is 0. The molecule has 0 aliphatic heterocycles. The molecule has 2 nitrogen and oxygen atoms in total. The molecule has 1 heterocycles. The Morgan fingerprint density at radius 2 is 1.82 bits per heavy atom. The molecule has 0 bridgehead atoms. The third-order valence-corrected chi connectivity index (χ3v) is 3.43. The Labute approximate surface area is 106 Å². The van der Waals surface area contributed by atoms with Crippen LogP contribution in [0.15, 0.2) is 51.8 Å². The highest BCUT2D eigenvalue weighted by molar-refractivity contribution is 7.98. The van der Waals surface area contributed by atoms with Gasteiger partial charge in [0.1, 0.15) is 11.5 Å². The number of furan rings is 1. The molecule has 0 radical (unpaired) electrons. The van der Waals surface area contributed by atoms with Crippen LogP contribution in [0.2, 0.25) is 0 Å². The lowest BCUT2D eigenvalue weighted by molar-refractivity contribution is 0.463. The Hall–Kier alpha value is -1.19. The molecule has 3 heteroatoms. The highest BCUT2D eigenvalue weighted by atomic mass is 32.2. The molecule has 0 amide bonds. The quantitative estimate of drug-likeness (QED) is 0.788. The largest absolute Gasteiger partial charge is 0.464 e. The fourth-order valence-electron chi connectivity index (χ4n) is 1.51. The second-order valence-corrected chi connectivity index (χ2v) is 4.80. The van der Waals surface area contributed by atoms with Gasteiger partial charge in [0.2, 0.25) is 0 Å². The van der Waals surface area contributed by atoms with Gasteiger partial charge in [-0.05, 0) is 30.8 Å². The van der Waals surface area contributed by atoms with Crippen LogP contribution in [0, 0.1) is 0 Å². The molecule has 2 aromatic rings. The van der Waals surface area contributed by atoms with E-state index in [0.29, 0.717) is 0 Å². The molecule has 1 N–H and O–H groups in total. The zero-order valence-electron chi connectivity index (χ0n) is 9.98. The highest BCUT2D eigenvalue weighted by Crippen LogP contribution is 2.23. The Morgan fingerprint density at radius 3 is 2.59 bits per heavy atom. The first-order chi connectivity index (χ1) is 8.38. The van der Waals surface area contributed by atoms with Crippen molar-refractivity contribution in [2.75, 3.05) is 6.54 Å². The molecule has 0 fully saturated rings. The summed E-state index contributed by atoms with van der Waals surface area (Å²) in [5.41, 5.74) is 0. The minimum Gasteiger partial charge on any atom is -0.464 e. The van der Waals surface area contributed by atoms with E-state index in [4.69, 9.17) is 4.42 Å². The second kappa shape index (κ2) is 6.52. The second-order valence-electron chi connectivity index (χ2n) is 3.75. The average molecular weight is 247 g/mol. The molecule has 0 saturated heterocycles. The normalized spacial score (nSPS) is 10.6. The van der Waals surface area contributed by atoms with Gasteiger partial charge in [0.25, 0.3) is 0 Å². The van der Waals surface area contributed by atoms with Crippen LogP contribution < -0.4 is 5.32 Å². The number of hydrogen-bond donors (Lipinski definition) is 1. The van der Waals surface area contributed by atoms with Crippen LogP contribution in [0.25, 0.3) is 0 Å². The van der Waals surface area contributed by atoms with Crippen molar-refractivity contribution in [1.82, 2.24) is 5.32 Å². The predicted molar refractivity (Wildman–Crippen MR) is 72.1 cm³/mol. The van der Waals surface area contributed by atoms with Crippen LogP contribution >= 0.6 is 11.8 Å². The molecule has 0 aliphatic carbocycles. The lowest BCUT2D eigenvalue weighted by Crippen LogP contribution is -2.10. The van der Waals surface area contributed by atoms with Gasteiger partial charge < -0.3 is 9.73 Å². The van der Waals surface area contributed by atoms with Crippen molar-refractivity contribution in [2.45, 2.75) is 24.1 Å². The minimum absolute atomic E-state index is 0.812. The van der Waals surface area contributed by atoms with Crippen LogP contribution in [0.5, 0.6) is 0 Å². The summed E-state index contributed by atoms with van der Waals surface area (Å²) in [5.74, 6) is 2.93. The molecule has 0 atom stereocenters. The lowest BCUT2D eigenvalue weighted by Gasteiger charge is -1.99. The molecule has 0 saturated carbocycles. The standard InChI is InChI=1S/C14H17NOS/c1-2-15-10-12-8-9-13(16-12)11-17-14-6-4-3-5-7-14/h3-9,15H,2,10-11H2,1H3. The molecule has 17 heavy (non-hydrogen) atoms. The first-order valence-corrected chi connectivity index (χ1v) is 6.83. The van der Waals surface area contributed by atoms with Crippen molar-refractivity contribution >= 4 is 11.8 Å². The zero-order valence-corrected chi connectivity index (χ0v) is 10.8. The smallest absolute Gasteiger partial charge is 0.117 e. The van der Waals surface area contributed by atoms with E-state index in [-0.39, 0.29) is 0 Å². The number of thioether (sulfide) groups is 1. The number of benzene rings is 1. The third-order valence-electron chi connectivity index (χ3n) is 2.39. The van der Waals surface area contributed by atoms with Gasteiger partial charge in [0.15, 0.2) is 0 Å². The fraction of sp³-hybridized carbons (Fsp3) is 0.286. The molecule has 90 valence electrons. The fourth-order valence-corrected chi connectivity index (χ4v) is 2.33. The van der Waals surface area contributed by atoms with E-state index in [0.717, 1.165) is 30.4 Å². The molecular formula is C14H17NOS. The maximum absolute atomic E-state index is 5.72. The lowest BCUT2D eigenvalue weighted by atomic mass is 10.4. The summed E-state index contributed by atoms with van der Waals surface area (Å²) < 4.78 is 5.72. The van der Waals surface area contributed by atoms with E-state index in [1.807, 2.05) is 12.1 Å². The Morgan fingerprint density at radius 1 is 1.06 bits per heavy atom. The van der Waals surface area contributed by atoms with E-state index in [1.165, 1.54) is 4.90 Å². The summed E-state index contributed by atoms with van der Waals surface area (Å²) in [5, 5.41) is 3.25. The van der Waals surface area contributed by atoms with Crippen molar-refractivity contribution in [3.8, 4) is 0 Å². The van der Waals surface area contributed by atoms with E-state index < -0.39 is 0 Å². The zero-order chi connectivity index (χ0) is 11.9. The van der Waals surface area contributed by atoms with Crippen molar-refractivity contribution in [2.24, 2.45) is 0 Å². The summed E-state index contributed by atoms with van der Waals surface area (Å²) in [6, 6.07) is 14.5. The van der Waals surface area contributed by atoms with Crippen molar-refractivity contribution < 1.29 is 4.42 Å². The van der Waals surface area contributed by atoms with Crippen molar-refractivity contribution in [1.29, 1.82) is 0 Å². The Bertz CT molecular complexity index is 438. The number of rotatable bonds is 6. The van der Waals surface area contributed by atoms with Crippen LogP contribution in [0.3, 0.4) is 0 Å². The van der Waals surface area contributed by atoms with Crippen LogP contribution in [0.1, 0.15) is 18.4 Å². The van der Waals surface area contributed by atoms with Gasteiger partial charge in [-0.25, -0.2) is 0 Å². The highest BCUT2D eigenvalue weighted by Gasteiger charge is 2.02. The van der Waals surface area contributed by atoms with E-state index in [1.54, 1.807) is 11.8 Å². The molecule has 0 unspecified atom stereocenters. The van der Waals surface area contributed by atoms with Gasteiger partial charge in [0.05, 0.1) is 12.3 Å². The van der Waals surface area contributed by atoms with Crippen LogP contribution in [-0.4, -0.2) is 6.54 Å². The van der Waals surface area contributed by atoms with Crippen molar-refractivity contribution in [3.05, 3.63) is 54.0 Å². The molecule has 2 rings (SSSR count). The third kappa shape index (κ3) is 3.95. The molecule has 1 aromatic heterocycles. The van der Waals surface area contributed by atoms with E-state index in [9.17, 15) is 0 Å². The summed E-state index contributed by atoms with van der Waals surface area (Å²) in [6.45, 7) is 3.87. The number of nitrogens with one attached hydrogen (secondary N) is 1. The first-order valence-electron chi connectivity index (χ1n) is 5.84. The van der Waals surface area contributed by atoms with E-state index >= 15 is 0 Å². The summed E-state index contributed by atoms with van der Waals surface area (Å²) in [6.07, 6.45) is 0. The molecule has 0 spiro atoms. The average Bonchev–Trinajstić information content (AvgIpc) is 2.83. The van der Waals surface area contributed by atoms with Crippen LogP contribution in [0.4, 0.5) is 0 Å². The van der Waals surface area contributed by atoms with Gasteiger partial charge in [-0.1, -0.05) is 25.1 Å². The van der Waals surface area contributed by atoms with E-state index in [2.05, 4.69) is 42.6 Å². The molecule has 1 aromatic carbocycles. The maximum Gasteiger partial charge on any atom is 0.117 e. The van der Waals surface area contributed by atoms with Gasteiger partial charge in [0, 0.05) is 4.90 Å². The van der Waals surface area contributed by atoms with Crippen LogP contribution in [-0.2, 0) is 12.3 Å². The minimum atomic E-state index is 0.812. The Kier molecular flexibility index (Phi) is 4.71. The first kappa shape index (κ1) is 12.3. The van der Waals surface area contributed by atoms with Gasteiger partial charge in [-0.2, -0.15) is 0 Å². The Balaban J connectivity index is 1.85. The van der Waals surface area contributed by atoms with Gasteiger partial charge >= 0.3 is 0 Å². The van der Waals surface area contributed by atoms with Gasteiger partial charge in [-0.15, -0.1) is 11.8 Å². The van der Waals surface area contributed by atoms with Crippen molar-refractivity contribution in [3.63, 3.8) is 0 Å². The summed E-state index contributed by atoms with van der Waals surface area (Å²) >= 11 is 1.80. The SMILES string of the molecule is CCNCc1ccc(CSc2ccccc2)o1. The molecular weight excluding hydrogens is 230 g/mol. The molecule has 0 aliphatic rings. The monoisotopic (exact) mass is 247 g/mol. The summed E-state index contributed by atoms with van der Waals surface area (Å²) in [4.78, 5) is 1.28. The van der Waals surface area contributed by atoms with Gasteiger partial charge in [-0.3, -0.25) is 0 Å². The maximum atomic E-state index is 5.72. The number of hydrogen-bond acceptors (Lipinski definition) is 3.